The molecule has 0 aliphatic carbocycles. The molecule has 1 aliphatic heterocycles. The minimum absolute atomic E-state index is 0.0267. The lowest BCUT2D eigenvalue weighted by molar-refractivity contribution is 0.0831. The van der Waals surface area contributed by atoms with E-state index in [9.17, 15) is 4.79 Å². The van der Waals surface area contributed by atoms with Crippen molar-refractivity contribution in [2.24, 2.45) is 0 Å². The molecule has 1 atom stereocenters. The Labute approximate surface area is 79.2 Å². The predicted molar refractivity (Wildman–Crippen MR) is 50.7 cm³/mol. The molecule has 0 spiro atoms. The van der Waals surface area contributed by atoms with Crippen molar-refractivity contribution in [3.63, 3.8) is 0 Å². The molecule has 1 unspecified atom stereocenters. The van der Waals surface area contributed by atoms with Crippen LogP contribution in [0.4, 0.5) is 4.79 Å². The van der Waals surface area contributed by atoms with E-state index in [1.807, 2.05) is 20.9 Å². The van der Waals surface area contributed by atoms with Crippen LogP contribution in [0, 0.1) is 0 Å². The summed E-state index contributed by atoms with van der Waals surface area (Å²) in [5, 5.41) is 3.15. The largest absolute Gasteiger partial charge is 0.447 e. The third kappa shape index (κ3) is 2.88. The van der Waals surface area contributed by atoms with Crippen LogP contribution in [0.25, 0.3) is 0 Å². The van der Waals surface area contributed by atoms with Gasteiger partial charge in [0.25, 0.3) is 0 Å². The Bertz CT molecular complexity index is 182. The van der Waals surface area contributed by atoms with Crippen LogP contribution in [0.3, 0.4) is 0 Å². The smallest absolute Gasteiger partial charge is 0.410 e. The predicted octanol–water partition coefficient (Wildman–Crippen LogP) is 0.825. The summed E-state index contributed by atoms with van der Waals surface area (Å²) in [6.45, 7) is 5.30. The minimum Gasteiger partial charge on any atom is -0.447 e. The standard InChI is InChI=1S/C9H18N2O2/c1-7(2)13-9(12)11-5-4-8(6-11)10-3/h7-8,10H,4-6H2,1-3H3. The normalized spacial score (nSPS) is 22.5. The van der Waals surface area contributed by atoms with Crippen molar-refractivity contribution in [1.29, 1.82) is 0 Å². The maximum atomic E-state index is 11.4. The lowest BCUT2D eigenvalue weighted by Gasteiger charge is -2.17. The lowest BCUT2D eigenvalue weighted by atomic mass is 10.3. The van der Waals surface area contributed by atoms with Crippen LogP contribution >= 0.6 is 0 Å². The van der Waals surface area contributed by atoms with Gasteiger partial charge < -0.3 is 15.0 Å². The summed E-state index contributed by atoms with van der Waals surface area (Å²) >= 11 is 0. The first-order chi connectivity index (χ1) is 6.13. The highest BCUT2D eigenvalue weighted by atomic mass is 16.6. The van der Waals surface area contributed by atoms with Gasteiger partial charge in [-0.25, -0.2) is 4.79 Å². The summed E-state index contributed by atoms with van der Waals surface area (Å²) in [7, 11) is 1.92. The molecule has 1 amide bonds. The van der Waals surface area contributed by atoms with Crippen LogP contribution < -0.4 is 5.32 Å². The molecule has 0 aromatic rings. The second kappa shape index (κ2) is 4.46. The van der Waals surface area contributed by atoms with Crippen molar-refractivity contribution < 1.29 is 9.53 Å². The molecular formula is C9H18N2O2. The number of carbonyl (C=O) groups is 1. The molecule has 1 rings (SSSR count). The zero-order chi connectivity index (χ0) is 9.84. The summed E-state index contributed by atoms with van der Waals surface area (Å²) < 4.78 is 5.09. The number of amides is 1. The van der Waals surface area contributed by atoms with Gasteiger partial charge in [0.05, 0.1) is 6.10 Å². The molecule has 0 aromatic heterocycles. The summed E-state index contributed by atoms with van der Waals surface area (Å²) in [6.07, 6.45) is 0.804. The average Bonchev–Trinajstić information content (AvgIpc) is 2.50. The Morgan fingerprint density at radius 1 is 1.62 bits per heavy atom. The van der Waals surface area contributed by atoms with E-state index < -0.39 is 0 Å². The van der Waals surface area contributed by atoms with E-state index in [0.717, 1.165) is 19.5 Å². The molecule has 13 heavy (non-hydrogen) atoms. The van der Waals surface area contributed by atoms with E-state index in [1.54, 1.807) is 4.90 Å². The molecule has 1 saturated heterocycles. The lowest BCUT2D eigenvalue weighted by Crippen LogP contribution is -2.34. The van der Waals surface area contributed by atoms with Crippen LogP contribution in [0.2, 0.25) is 0 Å². The molecule has 1 fully saturated rings. The van der Waals surface area contributed by atoms with Crippen LogP contribution in [-0.2, 0) is 4.74 Å². The first kappa shape index (κ1) is 10.3. The Kier molecular flexibility index (Phi) is 3.54. The van der Waals surface area contributed by atoms with Crippen LogP contribution in [0.15, 0.2) is 0 Å². The van der Waals surface area contributed by atoms with Crippen molar-refractivity contribution in [2.75, 3.05) is 20.1 Å². The number of hydrogen-bond acceptors (Lipinski definition) is 3. The van der Waals surface area contributed by atoms with Gasteiger partial charge in [-0.3, -0.25) is 0 Å². The summed E-state index contributed by atoms with van der Waals surface area (Å²) in [5.41, 5.74) is 0. The van der Waals surface area contributed by atoms with E-state index in [0.29, 0.717) is 6.04 Å². The molecule has 1 aliphatic rings. The molecule has 0 aromatic carbocycles. The Morgan fingerprint density at radius 2 is 2.31 bits per heavy atom. The Hall–Kier alpha value is -0.770. The first-order valence-electron chi connectivity index (χ1n) is 4.76. The zero-order valence-electron chi connectivity index (χ0n) is 8.54. The summed E-state index contributed by atoms with van der Waals surface area (Å²) in [6, 6.07) is 0.430. The maximum Gasteiger partial charge on any atom is 0.410 e. The summed E-state index contributed by atoms with van der Waals surface area (Å²) in [5.74, 6) is 0. The van der Waals surface area contributed by atoms with Gasteiger partial charge in [0.2, 0.25) is 0 Å². The number of likely N-dealkylation sites (tertiary alicyclic amines) is 1. The maximum absolute atomic E-state index is 11.4. The number of rotatable bonds is 2. The highest BCUT2D eigenvalue weighted by molar-refractivity contribution is 5.68. The fourth-order valence-electron chi connectivity index (χ4n) is 1.44. The van der Waals surface area contributed by atoms with E-state index in [2.05, 4.69) is 5.32 Å². The number of carbonyl (C=O) groups excluding carboxylic acids is 1. The van der Waals surface area contributed by atoms with E-state index in [4.69, 9.17) is 4.74 Å². The van der Waals surface area contributed by atoms with Crippen molar-refractivity contribution >= 4 is 6.09 Å². The topological polar surface area (TPSA) is 41.6 Å². The molecule has 4 heteroatoms. The van der Waals surface area contributed by atoms with Crippen molar-refractivity contribution in [1.82, 2.24) is 10.2 Å². The van der Waals surface area contributed by atoms with Gasteiger partial charge in [0.1, 0.15) is 0 Å². The highest BCUT2D eigenvalue weighted by Crippen LogP contribution is 2.10. The average molecular weight is 186 g/mol. The fourth-order valence-corrected chi connectivity index (χ4v) is 1.44. The van der Waals surface area contributed by atoms with Gasteiger partial charge in [0, 0.05) is 19.1 Å². The third-order valence-corrected chi connectivity index (χ3v) is 2.19. The molecule has 1 N–H and O–H groups in total. The van der Waals surface area contributed by atoms with Crippen molar-refractivity contribution in [3.05, 3.63) is 0 Å². The third-order valence-electron chi connectivity index (χ3n) is 2.19. The minimum atomic E-state index is -0.187. The number of nitrogens with zero attached hydrogens (tertiary/aromatic N) is 1. The first-order valence-corrected chi connectivity index (χ1v) is 4.76. The Morgan fingerprint density at radius 3 is 2.77 bits per heavy atom. The van der Waals surface area contributed by atoms with E-state index in [-0.39, 0.29) is 12.2 Å². The monoisotopic (exact) mass is 186 g/mol. The van der Waals surface area contributed by atoms with E-state index in [1.165, 1.54) is 0 Å². The number of likely N-dealkylation sites (N-methyl/N-ethyl adjacent to an activating group) is 1. The SMILES string of the molecule is CNC1CCN(C(=O)OC(C)C)C1. The second-order valence-electron chi connectivity index (χ2n) is 3.65. The molecule has 0 bridgehead atoms. The van der Waals surface area contributed by atoms with Gasteiger partial charge in [-0.2, -0.15) is 0 Å². The molecule has 1 heterocycles. The van der Waals surface area contributed by atoms with Gasteiger partial charge in [-0.1, -0.05) is 0 Å². The van der Waals surface area contributed by atoms with Gasteiger partial charge in [-0.05, 0) is 27.3 Å². The zero-order valence-corrected chi connectivity index (χ0v) is 8.54. The number of nitrogens with one attached hydrogen (secondary N) is 1. The van der Waals surface area contributed by atoms with Crippen molar-refractivity contribution in [2.45, 2.75) is 32.4 Å². The molecule has 0 saturated carbocycles. The van der Waals surface area contributed by atoms with Gasteiger partial charge in [0.15, 0.2) is 0 Å². The quantitative estimate of drug-likeness (QED) is 0.694. The number of hydrogen-bond donors (Lipinski definition) is 1. The number of ether oxygens (including phenoxy) is 1. The molecule has 0 radical (unpaired) electrons. The second-order valence-corrected chi connectivity index (χ2v) is 3.65. The highest BCUT2D eigenvalue weighted by Gasteiger charge is 2.26. The Balaban J connectivity index is 2.33. The van der Waals surface area contributed by atoms with E-state index >= 15 is 0 Å². The molecule has 76 valence electrons. The molecular weight excluding hydrogens is 168 g/mol. The van der Waals surface area contributed by atoms with Gasteiger partial charge in [-0.15, -0.1) is 0 Å². The molecule has 4 nitrogen and oxygen atoms in total. The van der Waals surface area contributed by atoms with Gasteiger partial charge >= 0.3 is 6.09 Å². The van der Waals surface area contributed by atoms with Crippen LogP contribution in [-0.4, -0.2) is 43.3 Å². The fraction of sp³-hybridized carbons (Fsp3) is 0.889. The summed E-state index contributed by atoms with van der Waals surface area (Å²) in [4.78, 5) is 13.1. The van der Waals surface area contributed by atoms with Crippen LogP contribution in [0.5, 0.6) is 0 Å². The van der Waals surface area contributed by atoms with Crippen LogP contribution in [0.1, 0.15) is 20.3 Å². The van der Waals surface area contributed by atoms with Crippen molar-refractivity contribution in [3.8, 4) is 0 Å².